The Morgan fingerprint density at radius 2 is 1.74 bits per heavy atom. The summed E-state index contributed by atoms with van der Waals surface area (Å²) in [6.07, 6.45) is 0.228. The van der Waals surface area contributed by atoms with Crippen LogP contribution in [0.5, 0.6) is 0 Å². The number of carbonyl (C=O) groups excluding carboxylic acids is 2. The highest BCUT2D eigenvalue weighted by Crippen LogP contribution is 2.27. The van der Waals surface area contributed by atoms with Crippen molar-refractivity contribution < 1.29 is 9.59 Å². The van der Waals surface area contributed by atoms with Crippen LogP contribution in [0.1, 0.15) is 55.2 Å². The molecule has 2 amide bonds. The summed E-state index contributed by atoms with van der Waals surface area (Å²) >= 11 is 6.40. The fraction of sp³-hybridized carbons (Fsp3) is 0.440. The number of benzene rings is 1. The summed E-state index contributed by atoms with van der Waals surface area (Å²) in [5.74, 6) is 0.0899. The molecule has 0 bridgehead atoms. The molecule has 3 aromatic rings. The van der Waals surface area contributed by atoms with Crippen molar-refractivity contribution in [2.75, 3.05) is 10.6 Å². The van der Waals surface area contributed by atoms with Crippen molar-refractivity contribution in [1.29, 1.82) is 0 Å². The smallest absolute Gasteiger partial charge is 0.248 e. The van der Waals surface area contributed by atoms with Gasteiger partial charge in [-0.1, -0.05) is 25.4 Å². The van der Waals surface area contributed by atoms with Crippen molar-refractivity contribution in [3.05, 3.63) is 57.6 Å². The SMILES string of the molecule is Cc1cc(C)n(C(C)C(=O)Nc2ccc(NC(=O)Cc3c(C)nn(CC(C)C)c3C)cc2Cl)n1. The average molecular weight is 485 g/mol. The van der Waals surface area contributed by atoms with Gasteiger partial charge >= 0.3 is 0 Å². The first-order chi connectivity index (χ1) is 16.0. The van der Waals surface area contributed by atoms with E-state index in [1.54, 1.807) is 29.8 Å². The lowest BCUT2D eigenvalue weighted by molar-refractivity contribution is -0.119. The predicted octanol–water partition coefficient (Wildman–Crippen LogP) is 5.00. The Morgan fingerprint density at radius 1 is 1.03 bits per heavy atom. The molecule has 182 valence electrons. The molecule has 0 radical (unpaired) electrons. The molecule has 0 spiro atoms. The minimum atomic E-state index is -0.493. The molecule has 2 aromatic heterocycles. The van der Waals surface area contributed by atoms with E-state index >= 15 is 0 Å². The van der Waals surface area contributed by atoms with Gasteiger partial charge in [-0.15, -0.1) is 0 Å². The summed E-state index contributed by atoms with van der Waals surface area (Å²) in [4.78, 5) is 25.4. The summed E-state index contributed by atoms with van der Waals surface area (Å²) in [6, 6.07) is 6.46. The predicted molar refractivity (Wildman–Crippen MR) is 135 cm³/mol. The molecule has 3 rings (SSSR count). The summed E-state index contributed by atoms with van der Waals surface area (Å²) in [5, 5.41) is 15.0. The van der Waals surface area contributed by atoms with Crippen LogP contribution in [0.25, 0.3) is 0 Å². The van der Waals surface area contributed by atoms with Gasteiger partial charge in [0.25, 0.3) is 0 Å². The highest BCUT2D eigenvalue weighted by molar-refractivity contribution is 6.34. The molecular weight excluding hydrogens is 452 g/mol. The third kappa shape index (κ3) is 5.86. The Balaban J connectivity index is 1.65. The highest BCUT2D eigenvalue weighted by atomic mass is 35.5. The molecule has 34 heavy (non-hydrogen) atoms. The lowest BCUT2D eigenvalue weighted by atomic mass is 10.1. The van der Waals surface area contributed by atoms with E-state index in [9.17, 15) is 9.59 Å². The zero-order valence-electron chi connectivity index (χ0n) is 20.9. The monoisotopic (exact) mass is 484 g/mol. The molecule has 1 unspecified atom stereocenters. The van der Waals surface area contributed by atoms with Gasteiger partial charge in [-0.3, -0.25) is 19.0 Å². The van der Waals surface area contributed by atoms with E-state index in [4.69, 9.17) is 11.6 Å². The second-order valence-corrected chi connectivity index (χ2v) is 9.59. The number of amides is 2. The normalized spacial score (nSPS) is 12.1. The molecule has 0 aliphatic rings. The van der Waals surface area contributed by atoms with Gasteiger partial charge in [0.15, 0.2) is 0 Å². The number of nitrogens with zero attached hydrogens (tertiary/aromatic N) is 4. The van der Waals surface area contributed by atoms with Crippen LogP contribution in [-0.2, 0) is 22.6 Å². The Morgan fingerprint density at radius 3 is 2.32 bits per heavy atom. The summed E-state index contributed by atoms with van der Waals surface area (Å²) in [5.41, 5.74) is 5.60. The first-order valence-electron chi connectivity index (χ1n) is 11.4. The van der Waals surface area contributed by atoms with E-state index < -0.39 is 6.04 Å². The maximum atomic E-state index is 12.7. The van der Waals surface area contributed by atoms with E-state index in [-0.39, 0.29) is 18.2 Å². The summed E-state index contributed by atoms with van der Waals surface area (Å²) in [7, 11) is 0. The maximum absolute atomic E-state index is 12.7. The zero-order valence-corrected chi connectivity index (χ0v) is 21.6. The van der Waals surface area contributed by atoms with E-state index in [1.165, 1.54) is 0 Å². The van der Waals surface area contributed by atoms with Crippen molar-refractivity contribution in [1.82, 2.24) is 19.6 Å². The molecule has 0 aliphatic heterocycles. The van der Waals surface area contributed by atoms with Crippen LogP contribution >= 0.6 is 11.6 Å². The first-order valence-corrected chi connectivity index (χ1v) is 11.8. The van der Waals surface area contributed by atoms with Gasteiger partial charge in [-0.2, -0.15) is 10.2 Å². The fourth-order valence-corrected chi connectivity index (χ4v) is 4.19. The Hall–Kier alpha value is -3.13. The third-order valence-electron chi connectivity index (χ3n) is 5.71. The zero-order chi connectivity index (χ0) is 25.2. The molecule has 1 atom stereocenters. The molecule has 0 fully saturated rings. The van der Waals surface area contributed by atoms with Crippen LogP contribution in [0.3, 0.4) is 0 Å². The van der Waals surface area contributed by atoms with Crippen molar-refractivity contribution >= 4 is 34.8 Å². The largest absolute Gasteiger partial charge is 0.326 e. The number of rotatable bonds is 8. The van der Waals surface area contributed by atoms with Crippen LogP contribution in [0.4, 0.5) is 11.4 Å². The molecule has 0 aliphatic carbocycles. The molecule has 8 nitrogen and oxygen atoms in total. The summed E-state index contributed by atoms with van der Waals surface area (Å²) in [6.45, 7) is 14.6. The number of hydrogen-bond donors (Lipinski definition) is 2. The number of hydrogen-bond acceptors (Lipinski definition) is 4. The van der Waals surface area contributed by atoms with Crippen molar-refractivity contribution in [3.63, 3.8) is 0 Å². The lowest BCUT2D eigenvalue weighted by Crippen LogP contribution is -2.25. The Kier molecular flexibility index (Phi) is 7.82. The first kappa shape index (κ1) is 25.5. The topological polar surface area (TPSA) is 93.8 Å². The summed E-state index contributed by atoms with van der Waals surface area (Å²) < 4.78 is 3.64. The van der Waals surface area contributed by atoms with Gasteiger partial charge in [-0.25, -0.2) is 0 Å². The van der Waals surface area contributed by atoms with Crippen LogP contribution in [0.15, 0.2) is 24.3 Å². The standard InChI is InChI=1S/C25H33ClN6O2/c1-14(2)13-31-18(6)21(17(5)30-31)12-24(33)27-20-8-9-23(22(26)11-20)28-25(34)19(7)32-16(4)10-15(3)29-32/h8-11,14,19H,12-13H2,1-7H3,(H,27,33)(H,28,34). The fourth-order valence-electron chi connectivity index (χ4n) is 3.96. The van der Waals surface area contributed by atoms with Crippen molar-refractivity contribution in [2.45, 2.75) is 67.5 Å². The van der Waals surface area contributed by atoms with E-state index in [2.05, 4.69) is 34.7 Å². The number of halogens is 1. The minimum absolute atomic E-state index is 0.152. The Labute approximate surface area is 205 Å². The molecule has 9 heteroatoms. The van der Waals surface area contributed by atoms with Crippen LogP contribution in [0, 0.1) is 33.6 Å². The quantitative estimate of drug-likeness (QED) is 0.470. The Bertz CT molecular complexity index is 1210. The molecule has 2 heterocycles. The minimum Gasteiger partial charge on any atom is -0.326 e. The van der Waals surface area contributed by atoms with Crippen LogP contribution < -0.4 is 10.6 Å². The van der Waals surface area contributed by atoms with Crippen LogP contribution in [0.2, 0.25) is 5.02 Å². The van der Waals surface area contributed by atoms with Crippen molar-refractivity contribution in [2.24, 2.45) is 5.92 Å². The van der Waals surface area contributed by atoms with Gasteiger partial charge in [-0.05, 0) is 64.8 Å². The van der Waals surface area contributed by atoms with E-state index in [0.717, 1.165) is 34.9 Å². The number of carbonyl (C=O) groups is 2. The molecule has 1 aromatic carbocycles. The lowest BCUT2D eigenvalue weighted by Gasteiger charge is -2.16. The van der Waals surface area contributed by atoms with Gasteiger partial charge in [0.05, 0.1) is 28.5 Å². The van der Waals surface area contributed by atoms with E-state index in [0.29, 0.717) is 22.3 Å². The number of aryl methyl sites for hydroxylation is 3. The highest BCUT2D eigenvalue weighted by Gasteiger charge is 2.20. The van der Waals surface area contributed by atoms with Crippen LogP contribution in [-0.4, -0.2) is 31.4 Å². The average Bonchev–Trinajstić information content (AvgIpc) is 3.21. The molecular formula is C25H33ClN6O2. The number of anilines is 2. The van der Waals surface area contributed by atoms with Gasteiger partial charge in [0.2, 0.25) is 11.8 Å². The van der Waals surface area contributed by atoms with E-state index in [1.807, 2.05) is 38.4 Å². The second-order valence-electron chi connectivity index (χ2n) is 9.18. The van der Waals surface area contributed by atoms with Crippen molar-refractivity contribution in [3.8, 4) is 0 Å². The second kappa shape index (κ2) is 10.4. The van der Waals surface area contributed by atoms with Gasteiger partial charge in [0.1, 0.15) is 6.04 Å². The molecule has 0 saturated heterocycles. The molecule has 2 N–H and O–H groups in total. The van der Waals surface area contributed by atoms with Gasteiger partial charge in [0, 0.05) is 29.2 Å². The maximum Gasteiger partial charge on any atom is 0.248 e. The number of aromatic nitrogens is 4. The number of nitrogens with one attached hydrogen (secondary N) is 2. The van der Waals surface area contributed by atoms with Gasteiger partial charge < -0.3 is 10.6 Å². The third-order valence-corrected chi connectivity index (χ3v) is 6.02. The molecule has 0 saturated carbocycles.